The van der Waals surface area contributed by atoms with Gasteiger partial charge in [-0.15, -0.1) is 0 Å². The van der Waals surface area contributed by atoms with E-state index >= 15 is 0 Å². The van der Waals surface area contributed by atoms with E-state index in [2.05, 4.69) is 10.6 Å². The molecule has 0 saturated carbocycles. The first-order chi connectivity index (χ1) is 23.4. The lowest BCUT2D eigenvalue weighted by molar-refractivity contribution is -0.135. The summed E-state index contributed by atoms with van der Waals surface area (Å²) in [7, 11) is 0. The Bertz CT molecular complexity index is 1580. The van der Waals surface area contributed by atoms with Crippen molar-refractivity contribution in [2.45, 2.75) is 71.1 Å². The predicted molar refractivity (Wildman–Crippen MR) is 181 cm³/mol. The molecule has 0 saturated heterocycles. The Morgan fingerprint density at radius 3 is 1.48 bits per heavy atom. The van der Waals surface area contributed by atoms with Gasteiger partial charge in [0.05, 0.1) is 0 Å². The van der Waals surface area contributed by atoms with Gasteiger partial charge in [-0.05, 0) is 72.0 Å². The van der Waals surface area contributed by atoms with E-state index in [4.69, 9.17) is 14.2 Å². The highest BCUT2D eigenvalue weighted by molar-refractivity contribution is 6.00. The fourth-order valence-electron chi connectivity index (χ4n) is 5.22. The van der Waals surface area contributed by atoms with Crippen LogP contribution in [0.25, 0.3) is 0 Å². The Kier molecular flexibility index (Phi) is 12.3. The van der Waals surface area contributed by atoms with E-state index in [0.717, 1.165) is 55.2 Å². The minimum Gasteiger partial charge on any atom is -0.489 e. The van der Waals surface area contributed by atoms with E-state index in [-0.39, 0.29) is 54.6 Å². The smallest absolute Gasteiger partial charge is 0.311 e. The van der Waals surface area contributed by atoms with Crippen LogP contribution in [0.1, 0.15) is 88.8 Å². The fourth-order valence-corrected chi connectivity index (χ4v) is 5.22. The van der Waals surface area contributed by atoms with Crippen LogP contribution >= 0.6 is 0 Å². The number of esters is 2. The molecule has 0 unspecified atom stereocenters. The molecule has 0 atom stereocenters. The van der Waals surface area contributed by atoms with E-state index in [1.807, 2.05) is 30.3 Å². The monoisotopic (exact) mass is 648 g/mol. The number of hydrogen-bond donors (Lipinski definition) is 2. The minimum atomic E-state index is -0.376. The SMILES string of the molecule is O=C1CCCCCCCCC(=O)Oc2ccc(cc2)CNC(=O)c2cc(OCc3ccccc3)cc(c2)C(=O)NCc2ccc(cc2)O1. The molecule has 4 aromatic carbocycles. The molecule has 0 aliphatic carbocycles. The number of carbonyl (C=O) groups is 4. The normalized spacial score (nSPS) is 15.6. The molecule has 9 nitrogen and oxygen atoms in total. The van der Waals surface area contributed by atoms with Gasteiger partial charge in [-0.3, -0.25) is 19.2 Å². The van der Waals surface area contributed by atoms with Crippen LogP contribution in [-0.2, 0) is 29.3 Å². The molecule has 48 heavy (non-hydrogen) atoms. The van der Waals surface area contributed by atoms with Crippen molar-refractivity contribution in [2.75, 3.05) is 0 Å². The average molecular weight is 649 g/mol. The first-order valence-electron chi connectivity index (χ1n) is 16.4. The van der Waals surface area contributed by atoms with Gasteiger partial charge in [0.25, 0.3) is 11.8 Å². The van der Waals surface area contributed by atoms with Crippen LogP contribution in [0.15, 0.2) is 97.1 Å². The Morgan fingerprint density at radius 1 is 0.542 bits per heavy atom. The third kappa shape index (κ3) is 10.8. The Morgan fingerprint density at radius 2 is 1.00 bits per heavy atom. The molecule has 8 rings (SSSR count). The summed E-state index contributed by atoms with van der Waals surface area (Å²) in [5.41, 5.74) is 3.12. The molecule has 0 spiro atoms. The van der Waals surface area contributed by atoms with E-state index in [1.54, 1.807) is 60.7 Å². The predicted octanol–water partition coefficient (Wildman–Crippen LogP) is 7.07. The summed E-state index contributed by atoms with van der Waals surface area (Å²) in [4.78, 5) is 51.2. The first kappa shape index (κ1) is 33.9. The number of nitrogens with one attached hydrogen (secondary N) is 2. The van der Waals surface area contributed by atoms with Gasteiger partial charge < -0.3 is 24.8 Å². The third-order valence-electron chi connectivity index (χ3n) is 7.91. The van der Waals surface area contributed by atoms with Crippen LogP contribution < -0.4 is 24.8 Å². The lowest BCUT2D eigenvalue weighted by Gasteiger charge is -2.13. The number of hydrogen-bond acceptors (Lipinski definition) is 7. The Hall–Kier alpha value is -5.44. The number of carbonyl (C=O) groups excluding carboxylic acids is 4. The zero-order chi connectivity index (χ0) is 33.6. The molecule has 0 fully saturated rings. The highest BCUT2D eigenvalue weighted by Crippen LogP contribution is 2.21. The van der Waals surface area contributed by atoms with Crippen LogP contribution in [0.3, 0.4) is 0 Å². The minimum absolute atomic E-state index is 0.231. The second-order valence-electron chi connectivity index (χ2n) is 11.7. The molecule has 9 heteroatoms. The molecule has 248 valence electrons. The Balaban J connectivity index is 1.31. The van der Waals surface area contributed by atoms with E-state index < -0.39 is 0 Å². The molecule has 6 bridgehead atoms. The summed E-state index contributed by atoms with van der Waals surface area (Å²) in [5.74, 6) is -0.0584. The van der Waals surface area contributed by atoms with Gasteiger partial charge >= 0.3 is 11.9 Å². The molecule has 2 N–H and O–H groups in total. The summed E-state index contributed by atoms with van der Waals surface area (Å²) >= 11 is 0. The molecule has 4 aliphatic rings. The molecule has 4 heterocycles. The number of benzene rings is 4. The van der Waals surface area contributed by atoms with Crippen LogP contribution in [0, 0.1) is 0 Å². The largest absolute Gasteiger partial charge is 0.489 e. The van der Waals surface area contributed by atoms with Crippen LogP contribution in [0.5, 0.6) is 17.2 Å². The van der Waals surface area contributed by atoms with Gasteiger partial charge in [0.15, 0.2) is 0 Å². The number of amides is 2. The van der Waals surface area contributed by atoms with Crippen LogP contribution in [0.2, 0.25) is 0 Å². The third-order valence-corrected chi connectivity index (χ3v) is 7.91. The topological polar surface area (TPSA) is 120 Å². The van der Waals surface area contributed by atoms with E-state index in [0.29, 0.717) is 30.1 Å². The van der Waals surface area contributed by atoms with Gasteiger partial charge in [0.1, 0.15) is 23.9 Å². The zero-order valence-corrected chi connectivity index (χ0v) is 26.9. The summed E-state index contributed by atoms with van der Waals surface area (Å²) in [6, 6.07) is 28.3. The highest BCUT2D eigenvalue weighted by Gasteiger charge is 2.15. The second kappa shape index (κ2) is 17.5. The maximum absolute atomic E-state index is 13.3. The van der Waals surface area contributed by atoms with Gasteiger partial charge in [0, 0.05) is 37.1 Å². The van der Waals surface area contributed by atoms with Crippen LogP contribution in [0.4, 0.5) is 0 Å². The average Bonchev–Trinajstić information content (AvgIpc) is 3.11. The number of ether oxygens (including phenoxy) is 3. The summed E-state index contributed by atoms with van der Waals surface area (Å²) in [6.45, 7) is 0.727. The molecule has 4 aromatic rings. The maximum Gasteiger partial charge on any atom is 0.311 e. The van der Waals surface area contributed by atoms with Crippen molar-refractivity contribution in [3.63, 3.8) is 0 Å². The van der Waals surface area contributed by atoms with Gasteiger partial charge in [-0.25, -0.2) is 0 Å². The fraction of sp³-hybridized carbons (Fsp3) is 0.282. The molecule has 0 radical (unpaired) electrons. The van der Waals surface area contributed by atoms with Crippen molar-refractivity contribution in [2.24, 2.45) is 0 Å². The lowest BCUT2D eigenvalue weighted by atomic mass is 10.1. The summed E-state index contributed by atoms with van der Waals surface area (Å²) < 4.78 is 16.9. The van der Waals surface area contributed by atoms with Crippen LogP contribution in [-0.4, -0.2) is 23.8 Å². The maximum atomic E-state index is 13.3. The molecular formula is C39H40N2O7. The van der Waals surface area contributed by atoms with E-state index in [9.17, 15) is 19.2 Å². The lowest BCUT2D eigenvalue weighted by Crippen LogP contribution is -2.25. The first-order valence-corrected chi connectivity index (χ1v) is 16.4. The summed E-state index contributed by atoms with van der Waals surface area (Å²) in [6.07, 6.45) is 5.92. The quantitative estimate of drug-likeness (QED) is 0.180. The summed E-state index contributed by atoms with van der Waals surface area (Å²) in [5, 5.41) is 5.80. The van der Waals surface area contributed by atoms with Crippen molar-refractivity contribution in [3.05, 3.63) is 125 Å². The highest BCUT2D eigenvalue weighted by atomic mass is 16.5. The van der Waals surface area contributed by atoms with Crippen molar-refractivity contribution in [1.29, 1.82) is 0 Å². The molecule has 0 aromatic heterocycles. The standard InChI is InChI=1S/C39H40N2O7/c42-36-12-8-3-1-2-4-9-13-37(43)48-34-20-16-29(17-21-34)26-41-39(45)32-22-31(23-35(24-32)46-27-30-10-6-5-7-11-30)38(44)40-25-28-14-18-33(47-36)19-15-28/h5-7,10-11,14-24H,1-4,8-9,12-13,25-27H2,(H,40,44)(H,41,45). The molecular weight excluding hydrogens is 608 g/mol. The van der Waals surface area contributed by atoms with Gasteiger partial charge in [-0.2, -0.15) is 0 Å². The second-order valence-corrected chi connectivity index (χ2v) is 11.7. The van der Waals surface area contributed by atoms with E-state index in [1.165, 1.54) is 6.07 Å². The van der Waals surface area contributed by atoms with Crippen molar-refractivity contribution >= 4 is 23.8 Å². The van der Waals surface area contributed by atoms with Crippen molar-refractivity contribution < 1.29 is 33.4 Å². The molecule has 4 aliphatic heterocycles. The zero-order valence-electron chi connectivity index (χ0n) is 26.9. The van der Waals surface area contributed by atoms with Crippen molar-refractivity contribution in [3.8, 4) is 17.2 Å². The number of rotatable bonds is 3. The van der Waals surface area contributed by atoms with Gasteiger partial charge in [0.2, 0.25) is 0 Å². The Labute approximate surface area is 280 Å². The van der Waals surface area contributed by atoms with Crippen molar-refractivity contribution in [1.82, 2.24) is 10.6 Å². The molecule has 2 amide bonds. The van der Waals surface area contributed by atoms with Gasteiger partial charge in [-0.1, -0.05) is 80.3 Å².